The molecule has 2 rings (SSSR count). The highest BCUT2D eigenvalue weighted by molar-refractivity contribution is 5.95. The molecule has 1 N–H and O–H groups in total. The van der Waals surface area contributed by atoms with Gasteiger partial charge in [-0.3, -0.25) is 4.90 Å². The van der Waals surface area contributed by atoms with E-state index in [1.165, 1.54) is 19.1 Å². The molecule has 1 atom stereocenters. The molecule has 0 aliphatic carbocycles. The molecule has 0 spiro atoms. The predicted octanol–water partition coefficient (Wildman–Crippen LogP) is 1.72. The number of rotatable bonds is 5. The van der Waals surface area contributed by atoms with Crippen molar-refractivity contribution in [2.45, 2.75) is 13.0 Å². The molecule has 0 fully saturated rings. The molecule has 0 saturated heterocycles. The van der Waals surface area contributed by atoms with Crippen molar-refractivity contribution in [1.29, 1.82) is 5.26 Å². The van der Waals surface area contributed by atoms with Crippen LogP contribution in [-0.4, -0.2) is 44.3 Å². The molecule has 0 unspecified atom stereocenters. The molecule has 1 aromatic carbocycles. The summed E-state index contributed by atoms with van der Waals surface area (Å²) in [7, 11) is 2.83. The van der Waals surface area contributed by atoms with Crippen LogP contribution in [0.4, 0.5) is 4.79 Å². The van der Waals surface area contributed by atoms with Crippen LogP contribution >= 0.6 is 0 Å². The third kappa shape index (κ3) is 3.39. The largest absolute Gasteiger partial charge is 0.466 e. The van der Waals surface area contributed by atoms with E-state index in [9.17, 15) is 9.59 Å². The topological polar surface area (TPSA) is 91.7 Å². The number of urea groups is 1. The number of nitrogens with one attached hydrogen (secondary N) is 1. The smallest absolute Gasteiger partial charge is 0.337 e. The molecule has 1 aromatic rings. The van der Waals surface area contributed by atoms with Crippen molar-refractivity contribution in [3.05, 3.63) is 46.7 Å². The van der Waals surface area contributed by atoms with Gasteiger partial charge in [-0.15, -0.1) is 0 Å². The monoisotopic (exact) mass is 329 g/mol. The summed E-state index contributed by atoms with van der Waals surface area (Å²) in [5, 5.41) is 11.9. The van der Waals surface area contributed by atoms with Gasteiger partial charge in [0.15, 0.2) is 0 Å². The number of hydrogen-bond donors (Lipinski definition) is 1. The van der Waals surface area contributed by atoms with Crippen LogP contribution in [0, 0.1) is 11.3 Å². The number of hydrogen-bond acceptors (Lipinski definition) is 5. The van der Waals surface area contributed by atoms with Crippen LogP contribution < -0.4 is 5.32 Å². The van der Waals surface area contributed by atoms with Gasteiger partial charge in [-0.05, 0) is 24.6 Å². The van der Waals surface area contributed by atoms with E-state index in [1.54, 1.807) is 31.2 Å². The lowest BCUT2D eigenvalue weighted by Crippen LogP contribution is -2.48. The summed E-state index contributed by atoms with van der Waals surface area (Å²) in [6, 6.07) is 7.82. The molecule has 1 heterocycles. The fraction of sp³-hybridized carbons (Fsp3) is 0.353. The molecular formula is C17H19N3O4. The molecule has 0 bridgehead atoms. The summed E-state index contributed by atoms with van der Waals surface area (Å²) < 4.78 is 9.89. The van der Waals surface area contributed by atoms with E-state index in [2.05, 4.69) is 11.4 Å². The van der Waals surface area contributed by atoms with Crippen LogP contribution in [0.1, 0.15) is 24.1 Å². The first kappa shape index (κ1) is 17.5. The Hall–Kier alpha value is -2.85. The standard InChI is InChI=1S/C17H19N3O4/c1-11-14(16(21)24-3)15(13-6-4-5-12(9-13)10-18)19-17(22)20(11)7-8-23-2/h4-6,9,15H,7-8H2,1-3H3,(H,19,22)/t15-/m0/s1. The first-order chi connectivity index (χ1) is 11.5. The van der Waals surface area contributed by atoms with Crippen LogP contribution in [0.2, 0.25) is 0 Å². The third-order valence-electron chi connectivity index (χ3n) is 3.87. The quantitative estimate of drug-likeness (QED) is 0.831. The zero-order valence-corrected chi connectivity index (χ0v) is 13.8. The lowest BCUT2D eigenvalue weighted by molar-refractivity contribution is -0.136. The number of nitriles is 1. The van der Waals surface area contributed by atoms with Crippen molar-refractivity contribution >= 4 is 12.0 Å². The highest BCUT2D eigenvalue weighted by Gasteiger charge is 2.36. The average Bonchev–Trinajstić information content (AvgIpc) is 2.60. The number of allylic oxidation sites excluding steroid dienone is 1. The Bertz CT molecular complexity index is 721. The molecule has 1 aliphatic heterocycles. The van der Waals surface area contributed by atoms with Crippen molar-refractivity contribution in [3.8, 4) is 6.07 Å². The number of nitrogens with zero attached hydrogens (tertiary/aromatic N) is 2. The van der Waals surface area contributed by atoms with Crippen LogP contribution in [-0.2, 0) is 14.3 Å². The molecule has 7 heteroatoms. The Morgan fingerprint density at radius 1 is 1.42 bits per heavy atom. The van der Waals surface area contributed by atoms with E-state index < -0.39 is 12.0 Å². The summed E-state index contributed by atoms with van der Waals surface area (Å²) in [5.74, 6) is -0.526. The van der Waals surface area contributed by atoms with Gasteiger partial charge in [0.2, 0.25) is 0 Å². The van der Waals surface area contributed by atoms with E-state index in [0.29, 0.717) is 35.5 Å². The van der Waals surface area contributed by atoms with Gasteiger partial charge >= 0.3 is 12.0 Å². The highest BCUT2D eigenvalue weighted by atomic mass is 16.5. The van der Waals surface area contributed by atoms with Gasteiger partial charge in [0, 0.05) is 12.8 Å². The van der Waals surface area contributed by atoms with Gasteiger partial charge in [-0.2, -0.15) is 5.26 Å². The van der Waals surface area contributed by atoms with Crippen molar-refractivity contribution in [1.82, 2.24) is 10.2 Å². The zero-order valence-electron chi connectivity index (χ0n) is 13.8. The second kappa shape index (κ2) is 7.62. The Balaban J connectivity index is 2.50. The minimum absolute atomic E-state index is 0.319. The van der Waals surface area contributed by atoms with Gasteiger partial charge in [0.25, 0.3) is 0 Å². The minimum atomic E-state index is -0.669. The number of carbonyl (C=O) groups excluding carboxylic acids is 2. The number of amides is 2. The first-order valence-corrected chi connectivity index (χ1v) is 7.39. The van der Waals surface area contributed by atoms with Gasteiger partial charge in [0.1, 0.15) is 0 Å². The molecule has 7 nitrogen and oxygen atoms in total. The molecule has 24 heavy (non-hydrogen) atoms. The fourth-order valence-corrected chi connectivity index (χ4v) is 2.65. The Labute approximate surface area is 140 Å². The zero-order chi connectivity index (χ0) is 17.7. The Kier molecular flexibility index (Phi) is 5.55. The van der Waals surface area contributed by atoms with Crippen molar-refractivity contribution < 1.29 is 19.1 Å². The molecule has 0 radical (unpaired) electrons. The third-order valence-corrected chi connectivity index (χ3v) is 3.87. The molecule has 2 amide bonds. The number of benzene rings is 1. The number of carbonyl (C=O) groups is 2. The summed E-state index contributed by atoms with van der Waals surface area (Å²) in [6.07, 6.45) is 0. The van der Waals surface area contributed by atoms with E-state index in [-0.39, 0.29) is 6.03 Å². The summed E-state index contributed by atoms with van der Waals surface area (Å²) in [5.41, 5.74) is 1.94. The summed E-state index contributed by atoms with van der Waals surface area (Å²) >= 11 is 0. The maximum atomic E-state index is 12.4. The van der Waals surface area contributed by atoms with E-state index >= 15 is 0 Å². The van der Waals surface area contributed by atoms with Crippen LogP contribution in [0.5, 0.6) is 0 Å². The van der Waals surface area contributed by atoms with E-state index in [1.807, 2.05) is 0 Å². The highest BCUT2D eigenvalue weighted by Crippen LogP contribution is 2.31. The SMILES string of the molecule is COCCN1C(=O)N[C@@H](c2cccc(C#N)c2)C(C(=O)OC)=C1C. The van der Waals surface area contributed by atoms with Gasteiger partial charge in [-0.25, -0.2) is 9.59 Å². The molecule has 0 aromatic heterocycles. The van der Waals surface area contributed by atoms with Crippen LogP contribution in [0.15, 0.2) is 35.5 Å². The van der Waals surface area contributed by atoms with Crippen LogP contribution in [0.3, 0.4) is 0 Å². The van der Waals surface area contributed by atoms with E-state index in [4.69, 9.17) is 14.7 Å². The molecule has 0 saturated carbocycles. The van der Waals surface area contributed by atoms with Gasteiger partial charge < -0.3 is 14.8 Å². The van der Waals surface area contributed by atoms with Crippen molar-refractivity contribution in [2.24, 2.45) is 0 Å². The minimum Gasteiger partial charge on any atom is -0.466 e. The second-order valence-electron chi connectivity index (χ2n) is 5.25. The number of esters is 1. The van der Waals surface area contributed by atoms with Crippen molar-refractivity contribution in [2.75, 3.05) is 27.4 Å². The lowest BCUT2D eigenvalue weighted by Gasteiger charge is -2.35. The maximum absolute atomic E-state index is 12.4. The normalized spacial score (nSPS) is 17.3. The first-order valence-electron chi connectivity index (χ1n) is 7.39. The average molecular weight is 329 g/mol. The Morgan fingerprint density at radius 2 is 2.17 bits per heavy atom. The second-order valence-corrected chi connectivity index (χ2v) is 5.25. The maximum Gasteiger partial charge on any atom is 0.337 e. The number of ether oxygens (including phenoxy) is 2. The van der Waals surface area contributed by atoms with Crippen LogP contribution in [0.25, 0.3) is 0 Å². The fourth-order valence-electron chi connectivity index (χ4n) is 2.65. The van der Waals surface area contributed by atoms with Gasteiger partial charge in [-0.1, -0.05) is 12.1 Å². The molecule has 1 aliphatic rings. The van der Waals surface area contributed by atoms with Gasteiger partial charge in [0.05, 0.1) is 43.5 Å². The predicted molar refractivity (Wildman–Crippen MR) is 85.7 cm³/mol. The summed E-state index contributed by atoms with van der Waals surface area (Å²) in [4.78, 5) is 26.1. The van der Waals surface area contributed by atoms with Crippen molar-refractivity contribution in [3.63, 3.8) is 0 Å². The van der Waals surface area contributed by atoms with E-state index in [0.717, 1.165) is 0 Å². The lowest BCUT2D eigenvalue weighted by atomic mass is 9.94. The molecule has 126 valence electrons. The Morgan fingerprint density at radius 3 is 2.79 bits per heavy atom. The number of methoxy groups -OCH3 is 2. The summed E-state index contributed by atoms with van der Waals surface area (Å²) in [6.45, 7) is 2.36. The molecular weight excluding hydrogens is 310 g/mol.